The molecule has 3 aromatic carbocycles. The van der Waals surface area contributed by atoms with E-state index in [4.69, 9.17) is 4.74 Å². The highest BCUT2D eigenvalue weighted by Gasteiger charge is 2.14. The molecule has 0 unspecified atom stereocenters. The SMILES string of the molecule is C[C@@H](Cc1cccc2ccccc12)C(=O)NCCOCc1ccccc1. The monoisotopic (exact) mass is 347 g/mol. The van der Waals surface area contributed by atoms with Crippen LogP contribution in [0.25, 0.3) is 10.8 Å². The van der Waals surface area contributed by atoms with Gasteiger partial charge in [0.25, 0.3) is 0 Å². The van der Waals surface area contributed by atoms with E-state index in [2.05, 4.69) is 35.6 Å². The van der Waals surface area contributed by atoms with Gasteiger partial charge in [-0.05, 0) is 28.3 Å². The maximum atomic E-state index is 12.3. The summed E-state index contributed by atoms with van der Waals surface area (Å²) in [5.74, 6) is -0.00354. The first-order valence-corrected chi connectivity index (χ1v) is 9.10. The fraction of sp³-hybridized carbons (Fsp3) is 0.261. The topological polar surface area (TPSA) is 38.3 Å². The van der Waals surface area contributed by atoms with Gasteiger partial charge >= 0.3 is 0 Å². The Bertz CT molecular complexity index is 840. The molecule has 3 heteroatoms. The summed E-state index contributed by atoms with van der Waals surface area (Å²) in [5, 5.41) is 5.41. The van der Waals surface area contributed by atoms with Gasteiger partial charge in [-0.25, -0.2) is 0 Å². The maximum Gasteiger partial charge on any atom is 0.223 e. The highest BCUT2D eigenvalue weighted by Crippen LogP contribution is 2.21. The maximum absolute atomic E-state index is 12.3. The number of benzene rings is 3. The fourth-order valence-electron chi connectivity index (χ4n) is 3.08. The molecule has 0 aromatic heterocycles. The highest BCUT2D eigenvalue weighted by atomic mass is 16.5. The lowest BCUT2D eigenvalue weighted by Gasteiger charge is -2.14. The van der Waals surface area contributed by atoms with Crippen molar-refractivity contribution in [2.75, 3.05) is 13.2 Å². The van der Waals surface area contributed by atoms with Gasteiger partial charge in [-0.15, -0.1) is 0 Å². The first-order chi connectivity index (χ1) is 12.7. The van der Waals surface area contributed by atoms with Crippen molar-refractivity contribution in [3.05, 3.63) is 83.9 Å². The van der Waals surface area contributed by atoms with Crippen molar-refractivity contribution in [2.24, 2.45) is 5.92 Å². The number of nitrogens with one attached hydrogen (secondary N) is 1. The molecule has 0 saturated carbocycles. The molecule has 1 N–H and O–H groups in total. The lowest BCUT2D eigenvalue weighted by Crippen LogP contribution is -2.32. The van der Waals surface area contributed by atoms with Crippen LogP contribution in [0.4, 0.5) is 0 Å². The Morgan fingerprint density at radius 3 is 2.54 bits per heavy atom. The number of fused-ring (bicyclic) bond motifs is 1. The number of rotatable bonds is 8. The largest absolute Gasteiger partial charge is 0.375 e. The van der Waals surface area contributed by atoms with Crippen molar-refractivity contribution in [3.63, 3.8) is 0 Å². The molecule has 0 saturated heterocycles. The Morgan fingerprint density at radius 2 is 1.69 bits per heavy atom. The fourth-order valence-corrected chi connectivity index (χ4v) is 3.08. The normalized spacial score (nSPS) is 12.0. The van der Waals surface area contributed by atoms with Crippen LogP contribution in [0.15, 0.2) is 72.8 Å². The van der Waals surface area contributed by atoms with Gasteiger partial charge in [-0.2, -0.15) is 0 Å². The van der Waals surface area contributed by atoms with Crippen LogP contribution >= 0.6 is 0 Å². The number of ether oxygens (including phenoxy) is 1. The molecule has 0 aliphatic carbocycles. The lowest BCUT2D eigenvalue weighted by atomic mass is 9.95. The van der Waals surface area contributed by atoms with Crippen LogP contribution in [-0.4, -0.2) is 19.1 Å². The van der Waals surface area contributed by atoms with E-state index in [1.807, 2.05) is 49.4 Å². The van der Waals surface area contributed by atoms with E-state index < -0.39 is 0 Å². The van der Waals surface area contributed by atoms with Crippen LogP contribution in [0.3, 0.4) is 0 Å². The molecule has 0 radical (unpaired) electrons. The third kappa shape index (κ3) is 4.93. The third-order valence-electron chi connectivity index (χ3n) is 4.51. The van der Waals surface area contributed by atoms with Crippen LogP contribution in [0.2, 0.25) is 0 Å². The molecule has 1 amide bonds. The van der Waals surface area contributed by atoms with Gasteiger partial charge in [0.15, 0.2) is 0 Å². The molecule has 0 fully saturated rings. The first kappa shape index (κ1) is 18.2. The zero-order valence-corrected chi connectivity index (χ0v) is 15.2. The minimum atomic E-state index is -0.0741. The van der Waals surface area contributed by atoms with E-state index in [-0.39, 0.29) is 11.8 Å². The molecule has 0 spiro atoms. The summed E-state index contributed by atoms with van der Waals surface area (Å²) < 4.78 is 5.61. The summed E-state index contributed by atoms with van der Waals surface area (Å²) in [6.07, 6.45) is 0.734. The van der Waals surface area contributed by atoms with Crippen molar-refractivity contribution < 1.29 is 9.53 Å². The molecule has 3 aromatic rings. The smallest absolute Gasteiger partial charge is 0.223 e. The van der Waals surface area contributed by atoms with E-state index in [1.165, 1.54) is 16.3 Å². The van der Waals surface area contributed by atoms with E-state index in [1.54, 1.807) is 0 Å². The van der Waals surface area contributed by atoms with E-state index >= 15 is 0 Å². The second-order valence-corrected chi connectivity index (χ2v) is 6.57. The first-order valence-electron chi connectivity index (χ1n) is 9.10. The Morgan fingerprint density at radius 1 is 0.962 bits per heavy atom. The van der Waals surface area contributed by atoms with Crippen LogP contribution in [0, 0.1) is 5.92 Å². The van der Waals surface area contributed by atoms with Crippen LogP contribution in [0.5, 0.6) is 0 Å². The van der Waals surface area contributed by atoms with Crippen LogP contribution in [-0.2, 0) is 22.6 Å². The molecule has 1 atom stereocenters. The molecule has 0 heterocycles. The molecular weight excluding hydrogens is 322 g/mol. The summed E-state index contributed by atoms with van der Waals surface area (Å²) in [6.45, 7) is 3.59. The standard InChI is InChI=1S/C23H25NO2/c1-18(16-21-12-7-11-20-10-5-6-13-22(20)21)23(25)24-14-15-26-17-19-8-3-2-4-9-19/h2-13,18H,14-17H2,1H3,(H,24,25)/t18-/m0/s1. The minimum Gasteiger partial charge on any atom is -0.375 e. The predicted molar refractivity (Wildman–Crippen MR) is 106 cm³/mol. The number of amides is 1. The second-order valence-electron chi connectivity index (χ2n) is 6.57. The Kier molecular flexibility index (Phi) is 6.39. The molecule has 0 aliphatic rings. The lowest BCUT2D eigenvalue weighted by molar-refractivity contribution is -0.124. The average molecular weight is 347 g/mol. The van der Waals surface area contributed by atoms with Crippen molar-refractivity contribution in [3.8, 4) is 0 Å². The van der Waals surface area contributed by atoms with E-state index in [0.717, 1.165) is 12.0 Å². The van der Waals surface area contributed by atoms with Crippen LogP contribution in [0.1, 0.15) is 18.1 Å². The third-order valence-corrected chi connectivity index (χ3v) is 4.51. The van der Waals surface area contributed by atoms with Gasteiger partial charge in [0.1, 0.15) is 0 Å². The van der Waals surface area contributed by atoms with Crippen LogP contribution < -0.4 is 5.32 Å². The van der Waals surface area contributed by atoms with Gasteiger partial charge in [-0.1, -0.05) is 79.7 Å². The van der Waals surface area contributed by atoms with E-state index in [9.17, 15) is 4.79 Å². The van der Waals surface area contributed by atoms with Gasteiger partial charge < -0.3 is 10.1 Å². The molecular formula is C23H25NO2. The zero-order chi connectivity index (χ0) is 18.2. The number of hydrogen-bond donors (Lipinski definition) is 1. The average Bonchev–Trinajstić information content (AvgIpc) is 2.68. The molecule has 3 nitrogen and oxygen atoms in total. The summed E-state index contributed by atoms with van der Waals surface area (Å²) in [4.78, 5) is 12.3. The Balaban J connectivity index is 1.44. The molecule has 134 valence electrons. The molecule has 26 heavy (non-hydrogen) atoms. The molecule has 0 aliphatic heterocycles. The number of hydrogen-bond acceptors (Lipinski definition) is 2. The summed E-state index contributed by atoms with van der Waals surface area (Å²) in [6, 6.07) is 24.6. The van der Waals surface area contributed by atoms with Gasteiger partial charge in [0.2, 0.25) is 5.91 Å². The van der Waals surface area contributed by atoms with E-state index in [0.29, 0.717) is 19.8 Å². The van der Waals surface area contributed by atoms with Gasteiger partial charge in [-0.3, -0.25) is 4.79 Å². The molecule has 0 bridgehead atoms. The van der Waals surface area contributed by atoms with Crippen molar-refractivity contribution >= 4 is 16.7 Å². The zero-order valence-electron chi connectivity index (χ0n) is 15.2. The van der Waals surface area contributed by atoms with Gasteiger partial charge in [0.05, 0.1) is 13.2 Å². The summed E-state index contributed by atoms with van der Waals surface area (Å²) in [7, 11) is 0. The van der Waals surface area contributed by atoms with Crippen molar-refractivity contribution in [1.82, 2.24) is 5.32 Å². The van der Waals surface area contributed by atoms with Crippen molar-refractivity contribution in [1.29, 1.82) is 0 Å². The highest BCUT2D eigenvalue weighted by molar-refractivity contribution is 5.86. The minimum absolute atomic E-state index is 0.0706. The summed E-state index contributed by atoms with van der Waals surface area (Å²) in [5.41, 5.74) is 2.36. The Labute approximate surface area is 155 Å². The molecule has 3 rings (SSSR count). The van der Waals surface area contributed by atoms with Crippen molar-refractivity contribution in [2.45, 2.75) is 20.0 Å². The predicted octanol–water partition coefficient (Wildman–Crippen LogP) is 4.35. The Hall–Kier alpha value is -2.65. The number of carbonyl (C=O) groups is 1. The van der Waals surface area contributed by atoms with Gasteiger partial charge in [0, 0.05) is 12.5 Å². The second kappa shape index (κ2) is 9.16. The quantitative estimate of drug-likeness (QED) is 0.615. The summed E-state index contributed by atoms with van der Waals surface area (Å²) >= 11 is 0. The number of carbonyl (C=O) groups excluding carboxylic acids is 1.